The van der Waals surface area contributed by atoms with Crippen molar-refractivity contribution in [3.05, 3.63) is 16.1 Å². The molecule has 3 heteroatoms. The summed E-state index contributed by atoms with van der Waals surface area (Å²) in [4.78, 5) is 4.61. The summed E-state index contributed by atoms with van der Waals surface area (Å²) in [6, 6.07) is 0.555. The van der Waals surface area contributed by atoms with Crippen LogP contribution < -0.4 is 5.32 Å². The Morgan fingerprint density at radius 2 is 2.05 bits per heavy atom. The first kappa shape index (κ1) is 16.6. The Kier molecular flexibility index (Phi) is 6.48. The smallest absolute Gasteiger partial charge is 0.0943 e. The highest BCUT2D eigenvalue weighted by molar-refractivity contribution is 7.09. The Balaban J connectivity index is 2.61. The van der Waals surface area contributed by atoms with Gasteiger partial charge in [0.05, 0.1) is 5.01 Å². The highest BCUT2D eigenvalue weighted by Crippen LogP contribution is 2.30. The number of aryl methyl sites for hydroxylation is 1. The molecule has 0 aliphatic carbocycles. The van der Waals surface area contributed by atoms with Gasteiger partial charge in [0.25, 0.3) is 0 Å². The van der Waals surface area contributed by atoms with Crippen LogP contribution in [0.1, 0.15) is 58.2 Å². The first-order chi connectivity index (χ1) is 8.82. The van der Waals surface area contributed by atoms with Gasteiger partial charge in [0, 0.05) is 23.5 Å². The van der Waals surface area contributed by atoms with E-state index in [1.807, 2.05) is 0 Å². The second kappa shape index (κ2) is 7.39. The molecule has 19 heavy (non-hydrogen) atoms. The highest BCUT2D eigenvalue weighted by atomic mass is 32.1. The van der Waals surface area contributed by atoms with Gasteiger partial charge in [-0.3, -0.25) is 0 Å². The van der Waals surface area contributed by atoms with Crippen LogP contribution in [0.3, 0.4) is 0 Å². The Morgan fingerprint density at radius 3 is 2.53 bits per heavy atom. The number of rotatable bonds is 7. The average Bonchev–Trinajstić information content (AvgIpc) is 2.70. The van der Waals surface area contributed by atoms with Crippen LogP contribution in [-0.4, -0.2) is 17.6 Å². The molecule has 1 aromatic rings. The van der Waals surface area contributed by atoms with Crippen LogP contribution in [0.2, 0.25) is 0 Å². The fraction of sp³-hybridized carbons (Fsp3) is 0.812. The number of nitrogens with one attached hydrogen (secondary N) is 1. The number of aromatic nitrogens is 1. The Labute approximate surface area is 123 Å². The summed E-state index contributed by atoms with van der Waals surface area (Å²) in [5.41, 5.74) is 1.53. The van der Waals surface area contributed by atoms with E-state index in [-0.39, 0.29) is 0 Å². The zero-order valence-corrected chi connectivity index (χ0v) is 14.2. The summed E-state index contributed by atoms with van der Waals surface area (Å²) in [6.07, 6.45) is 3.48. The molecule has 2 atom stereocenters. The molecule has 1 aromatic heterocycles. The van der Waals surface area contributed by atoms with Crippen molar-refractivity contribution in [3.8, 4) is 0 Å². The third-order valence-corrected chi connectivity index (χ3v) is 4.88. The molecule has 1 heterocycles. The molecular formula is C16H30N2S. The topological polar surface area (TPSA) is 24.9 Å². The third kappa shape index (κ3) is 6.05. The fourth-order valence-electron chi connectivity index (χ4n) is 2.07. The van der Waals surface area contributed by atoms with Gasteiger partial charge in [-0.05, 0) is 37.6 Å². The van der Waals surface area contributed by atoms with Gasteiger partial charge < -0.3 is 5.32 Å². The first-order valence-corrected chi connectivity index (χ1v) is 8.35. The van der Waals surface area contributed by atoms with Crippen LogP contribution in [0.25, 0.3) is 0 Å². The molecule has 2 unspecified atom stereocenters. The van der Waals surface area contributed by atoms with E-state index >= 15 is 0 Å². The molecule has 0 saturated heterocycles. The number of hydrogen-bond donors (Lipinski definition) is 1. The molecule has 0 aromatic carbocycles. The van der Waals surface area contributed by atoms with Crippen LogP contribution in [0.5, 0.6) is 0 Å². The van der Waals surface area contributed by atoms with Gasteiger partial charge >= 0.3 is 0 Å². The van der Waals surface area contributed by atoms with Gasteiger partial charge in [-0.1, -0.05) is 34.6 Å². The summed E-state index contributed by atoms with van der Waals surface area (Å²) >= 11 is 1.79. The van der Waals surface area contributed by atoms with E-state index in [1.54, 1.807) is 11.3 Å². The molecule has 110 valence electrons. The predicted octanol–water partition coefficient (Wildman–Crippen LogP) is 4.43. The van der Waals surface area contributed by atoms with Gasteiger partial charge in [-0.25, -0.2) is 4.98 Å². The number of thiazole rings is 1. The van der Waals surface area contributed by atoms with Crippen molar-refractivity contribution in [1.29, 1.82) is 0 Å². The normalized spacial score (nSPS) is 15.5. The average molecular weight is 282 g/mol. The van der Waals surface area contributed by atoms with E-state index in [2.05, 4.69) is 57.2 Å². The van der Waals surface area contributed by atoms with Crippen molar-refractivity contribution in [1.82, 2.24) is 10.3 Å². The van der Waals surface area contributed by atoms with Crippen LogP contribution in [0, 0.1) is 18.3 Å². The molecule has 2 nitrogen and oxygen atoms in total. The minimum absolute atomic E-state index is 0.380. The monoisotopic (exact) mass is 282 g/mol. The van der Waals surface area contributed by atoms with Crippen LogP contribution in [-0.2, 0) is 6.42 Å². The lowest BCUT2D eigenvalue weighted by Gasteiger charge is -2.31. The summed E-state index contributed by atoms with van der Waals surface area (Å²) in [5.74, 6) is 0.711. The molecule has 0 spiro atoms. The van der Waals surface area contributed by atoms with Crippen LogP contribution >= 0.6 is 11.3 Å². The minimum Gasteiger partial charge on any atom is -0.314 e. The minimum atomic E-state index is 0.380. The standard InChI is InChI=1S/C16H30N2S/c1-7-8-17-14(9-12(2)16(4,5)6)10-15-18-13(3)11-19-15/h11-12,14,17H,7-10H2,1-6H3. The Bertz CT molecular complexity index is 365. The van der Waals surface area contributed by atoms with Gasteiger partial charge in [0.2, 0.25) is 0 Å². The van der Waals surface area contributed by atoms with Crippen LogP contribution in [0.4, 0.5) is 0 Å². The number of nitrogens with zero attached hydrogens (tertiary/aromatic N) is 1. The summed E-state index contributed by atoms with van der Waals surface area (Å²) in [6.45, 7) is 14.8. The van der Waals surface area contributed by atoms with Crippen molar-refractivity contribution in [2.45, 2.75) is 66.8 Å². The molecule has 0 aliphatic heterocycles. The lowest BCUT2D eigenvalue weighted by atomic mass is 9.78. The van der Waals surface area contributed by atoms with E-state index in [0.29, 0.717) is 17.4 Å². The van der Waals surface area contributed by atoms with Crippen LogP contribution in [0.15, 0.2) is 5.38 Å². The SMILES string of the molecule is CCCNC(Cc1nc(C)cs1)CC(C)C(C)(C)C. The molecule has 1 N–H and O–H groups in total. The summed E-state index contributed by atoms with van der Waals surface area (Å²) < 4.78 is 0. The van der Waals surface area contributed by atoms with E-state index in [0.717, 1.165) is 18.7 Å². The molecule has 0 bridgehead atoms. The van der Waals surface area contributed by atoms with E-state index in [4.69, 9.17) is 0 Å². The van der Waals surface area contributed by atoms with Crippen molar-refractivity contribution >= 4 is 11.3 Å². The first-order valence-electron chi connectivity index (χ1n) is 7.47. The van der Waals surface area contributed by atoms with Gasteiger partial charge in [0.1, 0.15) is 0 Å². The largest absolute Gasteiger partial charge is 0.314 e. The van der Waals surface area contributed by atoms with E-state index < -0.39 is 0 Å². The Hall–Kier alpha value is -0.410. The van der Waals surface area contributed by atoms with Gasteiger partial charge in [0.15, 0.2) is 0 Å². The second-order valence-electron chi connectivity index (χ2n) is 6.74. The molecule has 0 aliphatic rings. The quantitative estimate of drug-likeness (QED) is 0.800. The van der Waals surface area contributed by atoms with Gasteiger partial charge in [-0.2, -0.15) is 0 Å². The highest BCUT2D eigenvalue weighted by Gasteiger charge is 2.24. The molecule has 0 saturated carbocycles. The maximum absolute atomic E-state index is 4.61. The second-order valence-corrected chi connectivity index (χ2v) is 7.68. The molecule has 0 amide bonds. The van der Waals surface area contributed by atoms with Crippen molar-refractivity contribution in [2.75, 3.05) is 6.54 Å². The molecule has 0 fully saturated rings. The zero-order chi connectivity index (χ0) is 14.5. The van der Waals surface area contributed by atoms with Crippen molar-refractivity contribution < 1.29 is 0 Å². The maximum atomic E-state index is 4.61. The maximum Gasteiger partial charge on any atom is 0.0943 e. The zero-order valence-electron chi connectivity index (χ0n) is 13.4. The lowest BCUT2D eigenvalue weighted by molar-refractivity contribution is 0.222. The van der Waals surface area contributed by atoms with Crippen molar-refractivity contribution in [2.24, 2.45) is 11.3 Å². The molecule has 0 radical (unpaired) electrons. The number of hydrogen-bond acceptors (Lipinski definition) is 3. The molecular weight excluding hydrogens is 252 g/mol. The fourth-order valence-corrected chi connectivity index (χ4v) is 2.93. The van der Waals surface area contributed by atoms with Gasteiger partial charge in [-0.15, -0.1) is 11.3 Å². The van der Waals surface area contributed by atoms with Crippen molar-refractivity contribution in [3.63, 3.8) is 0 Å². The summed E-state index contributed by atoms with van der Waals surface area (Å²) in [7, 11) is 0. The molecule has 1 rings (SSSR count). The van der Waals surface area contributed by atoms with E-state index in [1.165, 1.54) is 17.8 Å². The Morgan fingerprint density at radius 1 is 1.37 bits per heavy atom. The lowest BCUT2D eigenvalue weighted by Crippen LogP contribution is -2.35. The summed E-state index contributed by atoms with van der Waals surface area (Å²) in [5, 5.41) is 7.12. The van der Waals surface area contributed by atoms with E-state index in [9.17, 15) is 0 Å². The predicted molar refractivity (Wildman–Crippen MR) is 85.9 cm³/mol. The third-order valence-electron chi connectivity index (χ3n) is 3.89.